The first kappa shape index (κ1) is 21.6. The Morgan fingerprint density at radius 3 is 2.79 bits per heavy atom. The maximum atomic E-state index is 14.0. The maximum absolute atomic E-state index is 14.0. The van der Waals surface area contributed by atoms with E-state index in [0.717, 1.165) is 6.07 Å². The van der Waals surface area contributed by atoms with Gasteiger partial charge in [0.25, 0.3) is 11.9 Å². The van der Waals surface area contributed by atoms with E-state index in [4.69, 9.17) is 15.2 Å². The fourth-order valence-electron chi connectivity index (χ4n) is 2.22. The van der Waals surface area contributed by atoms with E-state index in [-0.39, 0.29) is 42.6 Å². The van der Waals surface area contributed by atoms with Gasteiger partial charge in [0, 0.05) is 25.2 Å². The predicted molar refractivity (Wildman–Crippen MR) is 105 cm³/mol. The lowest BCUT2D eigenvalue weighted by atomic mass is 10.1. The largest absolute Gasteiger partial charge is 0.479 e. The summed E-state index contributed by atoms with van der Waals surface area (Å²) in [5, 5.41) is 2.49. The molecule has 1 aromatic heterocycles. The molecular formula is C20H20F2N4O3. The number of nitrogens with one attached hydrogen (secondary N) is 1. The Morgan fingerprint density at radius 2 is 2.14 bits per heavy atom. The number of pyridine rings is 1. The normalized spacial score (nSPS) is 10.7. The average molecular weight is 402 g/mol. The zero-order valence-corrected chi connectivity index (χ0v) is 16.0. The molecule has 0 fully saturated rings. The van der Waals surface area contributed by atoms with E-state index in [9.17, 15) is 13.6 Å². The average Bonchev–Trinajstić information content (AvgIpc) is 2.72. The van der Waals surface area contributed by atoms with E-state index in [1.54, 1.807) is 13.0 Å². The second kappa shape index (κ2) is 10.6. The first-order valence-corrected chi connectivity index (χ1v) is 8.57. The molecule has 1 aromatic carbocycles. The molecule has 3 N–H and O–H groups in total. The van der Waals surface area contributed by atoms with Crippen LogP contribution in [0.25, 0.3) is 0 Å². The van der Waals surface area contributed by atoms with Crippen LogP contribution >= 0.6 is 0 Å². The van der Waals surface area contributed by atoms with Crippen molar-refractivity contribution < 1.29 is 23.0 Å². The van der Waals surface area contributed by atoms with Crippen molar-refractivity contribution in [3.8, 4) is 17.6 Å². The van der Waals surface area contributed by atoms with Gasteiger partial charge in [-0.2, -0.15) is 0 Å². The van der Waals surface area contributed by atoms with Gasteiger partial charge >= 0.3 is 0 Å². The van der Waals surface area contributed by atoms with Crippen LogP contribution in [0.2, 0.25) is 0 Å². The molecule has 0 saturated heterocycles. The highest BCUT2D eigenvalue weighted by atomic mass is 19.2. The van der Waals surface area contributed by atoms with Gasteiger partial charge < -0.3 is 20.5 Å². The number of hydrogen-bond acceptors (Lipinski definition) is 5. The Kier molecular flexibility index (Phi) is 7.91. The molecule has 1 amide bonds. The molecule has 152 valence electrons. The number of carbonyl (C=O) groups is 1. The number of carbonyl (C=O) groups excluding carboxylic acids is 1. The first-order valence-electron chi connectivity index (χ1n) is 8.57. The minimum atomic E-state index is -1.09. The quantitative estimate of drug-likeness (QED) is 0.421. The SMILES string of the molecule is CC#CCOc1ccc(C(=O)Nc2cc(F)c(F)c(CCO/C(N)=N\C)c2)nc1. The summed E-state index contributed by atoms with van der Waals surface area (Å²) in [4.78, 5) is 19.9. The number of ether oxygens (including phenoxy) is 2. The van der Waals surface area contributed by atoms with Gasteiger partial charge in [0.1, 0.15) is 18.1 Å². The van der Waals surface area contributed by atoms with E-state index >= 15 is 0 Å². The van der Waals surface area contributed by atoms with E-state index in [1.165, 1.54) is 25.4 Å². The number of nitrogens with zero attached hydrogens (tertiary/aromatic N) is 2. The van der Waals surface area contributed by atoms with Crippen LogP contribution in [0.1, 0.15) is 23.0 Å². The number of nitrogens with two attached hydrogens (primary N) is 1. The number of benzene rings is 1. The molecule has 9 heteroatoms. The predicted octanol–water partition coefficient (Wildman–Crippen LogP) is 2.52. The summed E-state index contributed by atoms with van der Waals surface area (Å²) in [6.07, 6.45) is 1.41. The van der Waals surface area contributed by atoms with Crippen LogP contribution in [0.5, 0.6) is 5.75 Å². The number of aliphatic imine (C=N–C) groups is 1. The van der Waals surface area contributed by atoms with Gasteiger partial charge in [0.15, 0.2) is 11.6 Å². The molecule has 0 bridgehead atoms. The van der Waals surface area contributed by atoms with Crippen LogP contribution < -0.4 is 15.8 Å². The molecule has 0 radical (unpaired) electrons. The minimum Gasteiger partial charge on any atom is -0.479 e. The molecule has 0 aliphatic heterocycles. The molecule has 0 unspecified atom stereocenters. The Bertz CT molecular complexity index is 951. The summed E-state index contributed by atoms with van der Waals surface area (Å²) in [6, 6.07) is 5.16. The number of aromatic nitrogens is 1. The van der Waals surface area contributed by atoms with Crippen LogP contribution in [0.3, 0.4) is 0 Å². The van der Waals surface area contributed by atoms with Gasteiger partial charge in [-0.15, -0.1) is 5.92 Å². The van der Waals surface area contributed by atoms with E-state index in [1.807, 2.05) is 0 Å². The van der Waals surface area contributed by atoms with Crippen LogP contribution in [0.15, 0.2) is 35.5 Å². The Balaban J connectivity index is 2.06. The van der Waals surface area contributed by atoms with Crippen molar-refractivity contribution in [3.05, 3.63) is 53.4 Å². The molecule has 0 aliphatic rings. The number of rotatable bonds is 7. The van der Waals surface area contributed by atoms with Crippen LogP contribution in [0.4, 0.5) is 14.5 Å². The fraction of sp³-hybridized carbons (Fsp3) is 0.250. The fourth-order valence-corrected chi connectivity index (χ4v) is 2.22. The van der Waals surface area contributed by atoms with Crippen molar-refractivity contribution in [2.24, 2.45) is 10.7 Å². The molecule has 0 saturated carbocycles. The lowest BCUT2D eigenvalue weighted by Crippen LogP contribution is -2.18. The Hall–Kier alpha value is -3.67. The van der Waals surface area contributed by atoms with Gasteiger partial charge in [-0.05, 0) is 30.7 Å². The van der Waals surface area contributed by atoms with Gasteiger partial charge in [0.2, 0.25) is 0 Å². The van der Waals surface area contributed by atoms with Crippen molar-refractivity contribution >= 4 is 17.6 Å². The zero-order valence-electron chi connectivity index (χ0n) is 16.0. The third-order valence-corrected chi connectivity index (χ3v) is 3.66. The number of hydrogen-bond donors (Lipinski definition) is 2. The summed E-state index contributed by atoms with van der Waals surface area (Å²) in [6.45, 7) is 1.91. The molecule has 0 atom stereocenters. The lowest BCUT2D eigenvalue weighted by Gasteiger charge is -2.10. The maximum Gasteiger partial charge on any atom is 0.281 e. The molecule has 29 heavy (non-hydrogen) atoms. The summed E-state index contributed by atoms with van der Waals surface area (Å²) in [5.74, 6) is 3.19. The molecule has 0 spiro atoms. The highest BCUT2D eigenvalue weighted by Crippen LogP contribution is 2.20. The van der Waals surface area contributed by atoms with Gasteiger partial charge in [-0.25, -0.2) is 18.8 Å². The third kappa shape index (κ3) is 6.46. The third-order valence-electron chi connectivity index (χ3n) is 3.66. The van der Waals surface area contributed by atoms with Crippen molar-refractivity contribution in [3.63, 3.8) is 0 Å². The minimum absolute atomic E-state index is 0.00234. The highest BCUT2D eigenvalue weighted by molar-refractivity contribution is 6.02. The van der Waals surface area contributed by atoms with Crippen molar-refractivity contribution in [1.82, 2.24) is 4.98 Å². The van der Waals surface area contributed by atoms with E-state index in [0.29, 0.717) is 5.75 Å². The highest BCUT2D eigenvalue weighted by Gasteiger charge is 2.14. The second-order valence-electron chi connectivity index (χ2n) is 5.64. The van der Waals surface area contributed by atoms with E-state index < -0.39 is 17.5 Å². The van der Waals surface area contributed by atoms with Crippen LogP contribution in [-0.4, -0.2) is 37.2 Å². The molecule has 2 rings (SSSR count). The molecule has 7 nitrogen and oxygen atoms in total. The van der Waals surface area contributed by atoms with Gasteiger partial charge in [-0.1, -0.05) is 5.92 Å². The Morgan fingerprint density at radius 1 is 1.34 bits per heavy atom. The summed E-state index contributed by atoms with van der Waals surface area (Å²) in [5.41, 5.74) is 5.58. The van der Waals surface area contributed by atoms with Gasteiger partial charge in [-0.3, -0.25) is 4.79 Å². The summed E-state index contributed by atoms with van der Waals surface area (Å²) >= 11 is 0. The molecular weight excluding hydrogens is 382 g/mol. The lowest BCUT2D eigenvalue weighted by molar-refractivity contribution is 0.102. The number of anilines is 1. The molecule has 1 heterocycles. The van der Waals surface area contributed by atoms with Crippen molar-refractivity contribution in [2.45, 2.75) is 13.3 Å². The number of amides is 1. The Labute approximate surface area is 166 Å². The monoisotopic (exact) mass is 402 g/mol. The van der Waals surface area contributed by atoms with Crippen LogP contribution in [-0.2, 0) is 11.2 Å². The van der Waals surface area contributed by atoms with E-state index in [2.05, 4.69) is 27.1 Å². The first-order chi connectivity index (χ1) is 13.9. The molecule has 0 aliphatic carbocycles. The standard InChI is InChI=1S/C20H20F2N4O3/c1-3-4-8-28-15-5-6-17(25-12-15)19(27)26-14-10-13(18(22)16(21)11-14)7-9-29-20(23)24-2/h5-6,10-12H,7-9H2,1-2H3,(H2,23,24)(H,26,27). The smallest absolute Gasteiger partial charge is 0.281 e. The topological polar surface area (TPSA) is 98.8 Å². The summed E-state index contributed by atoms with van der Waals surface area (Å²) < 4.78 is 38.2. The number of halogens is 2. The van der Waals surface area contributed by atoms with Crippen molar-refractivity contribution in [1.29, 1.82) is 0 Å². The van der Waals surface area contributed by atoms with Gasteiger partial charge in [0.05, 0.1) is 12.8 Å². The molecule has 2 aromatic rings. The zero-order chi connectivity index (χ0) is 21.2. The van der Waals surface area contributed by atoms with Crippen LogP contribution in [0, 0.1) is 23.5 Å². The van der Waals surface area contributed by atoms with Crippen molar-refractivity contribution in [2.75, 3.05) is 25.6 Å². The number of amidine groups is 1. The second-order valence-corrected chi connectivity index (χ2v) is 5.64. The summed E-state index contributed by atoms with van der Waals surface area (Å²) in [7, 11) is 1.44.